The van der Waals surface area contributed by atoms with Crippen LogP contribution in [0.1, 0.15) is 26.3 Å². The van der Waals surface area contributed by atoms with Crippen molar-refractivity contribution >= 4 is 47.4 Å². The second kappa shape index (κ2) is 10.7. The summed E-state index contributed by atoms with van der Waals surface area (Å²) in [7, 11) is 3.52. The number of halogens is 2. The molecule has 28 heavy (non-hydrogen) atoms. The number of nitrogens with one attached hydrogen (secondary N) is 2. The van der Waals surface area contributed by atoms with Gasteiger partial charge in [0.15, 0.2) is 5.96 Å². The molecule has 0 radical (unpaired) electrons. The van der Waals surface area contributed by atoms with Gasteiger partial charge in [0, 0.05) is 43.0 Å². The maximum atomic E-state index is 12.1. The van der Waals surface area contributed by atoms with Crippen LogP contribution in [0.25, 0.3) is 5.69 Å². The number of likely N-dealkylation sites (N-methyl/N-ethyl adjacent to an activating group) is 1. The molecule has 154 valence electrons. The van der Waals surface area contributed by atoms with Gasteiger partial charge in [0.1, 0.15) is 0 Å². The maximum absolute atomic E-state index is 12.1. The fourth-order valence-electron chi connectivity index (χ4n) is 2.50. The Hall–Kier alpha value is -1.81. The lowest BCUT2D eigenvalue weighted by Crippen LogP contribution is -2.48. The minimum atomic E-state index is -0.259. The zero-order valence-electron chi connectivity index (χ0n) is 16.9. The van der Waals surface area contributed by atoms with Crippen LogP contribution in [0.2, 0.25) is 5.02 Å². The fourth-order valence-corrected chi connectivity index (χ4v) is 2.63. The van der Waals surface area contributed by atoms with E-state index in [9.17, 15) is 4.79 Å². The Morgan fingerprint density at radius 1 is 1.29 bits per heavy atom. The molecule has 1 aromatic carbocycles. The number of hydrogen-bond donors (Lipinski definition) is 2. The first-order chi connectivity index (χ1) is 12.7. The predicted molar refractivity (Wildman–Crippen MR) is 125 cm³/mol. The van der Waals surface area contributed by atoms with Gasteiger partial charge in [-0.1, -0.05) is 11.6 Å². The van der Waals surface area contributed by atoms with Gasteiger partial charge in [-0.3, -0.25) is 9.79 Å². The van der Waals surface area contributed by atoms with Crippen molar-refractivity contribution in [1.82, 2.24) is 25.3 Å². The van der Waals surface area contributed by atoms with Gasteiger partial charge in [0.25, 0.3) is 0 Å². The Bertz CT molecular complexity index is 798. The fraction of sp³-hybridized carbons (Fsp3) is 0.421. The molecule has 1 amide bonds. The third-order valence-electron chi connectivity index (χ3n) is 3.65. The predicted octanol–water partition coefficient (Wildman–Crippen LogP) is 3.07. The highest BCUT2D eigenvalue weighted by molar-refractivity contribution is 14.0. The lowest BCUT2D eigenvalue weighted by molar-refractivity contribution is -0.122. The van der Waals surface area contributed by atoms with Gasteiger partial charge < -0.3 is 15.5 Å². The number of carbonyl (C=O) groups excluding carboxylic acids is 1. The minimum absolute atomic E-state index is 0. The van der Waals surface area contributed by atoms with Gasteiger partial charge in [-0.05, 0) is 45.0 Å². The van der Waals surface area contributed by atoms with Gasteiger partial charge in [-0.2, -0.15) is 5.10 Å². The van der Waals surface area contributed by atoms with E-state index in [0.29, 0.717) is 17.5 Å². The summed E-state index contributed by atoms with van der Waals surface area (Å²) in [6, 6.07) is 7.48. The Morgan fingerprint density at radius 2 is 1.93 bits per heavy atom. The zero-order valence-corrected chi connectivity index (χ0v) is 19.9. The minimum Gasteiger partial charge on any atom is -0.352 e. The molecule has 0 spiro atoms. The Morgan fingerprint density at radius 3 is 2.50 bits per heavy atom. The lowest BCUT2D eigenvalue weighted by Gasteiger charge is -2.25. The van der Waals surface area contributed by atoms with Crippen LogP contribution in [-0.4, -0.2) is 52.7 Å². The molecule has 0 aliphatic rings. The van der Waals surface area contributed by atoms with Crippen molar-refractivity contribution in [3.8, 4) is 5.69 Å². The van der Waals surface area contributed by atoms with Gasteiger partial charge in [0.2, 0.25) is 5.91 Å². The first-order valence-electron chi connectivity index (χ1n) is 8.70. The highest BCUT2D eigenvalue weighted by atomic mass is 127. The molecule has 0 saturated carbocycles. The van der Waals surface area contributed by atoms with Crippen molar-refractivity contribution in [2.75, 3.05) is 20.6 Å². The number of hydrogen-bond acceptors (Lipinski definition) is 3. The lowest BCUT2D eigenvalue weighted by atomic mass is 10.1. The van der Waals surface area contributed by atoms with E-state index in [-0.39, 0.29) is 42.0 Å². The van der Waals surface area contributed by atoms with Gasteiger partial charge in [0.05, 0.1) is 18.4 Å². The van der Waals surface area contributed by atoms with Crippen LogP contribution in [0, 0.1) is 0 Å². The quantitative estimate of drug-likeness (QED) is 0.362. The van der Waals surface area contributed by atoms with E-state index in [1.165, 1.54) is 0 Å². The molecule has 1 heterocycles. The normalized spacial score (nSPS) is 11.6. The first-order valence-corrected chi connectivity index (χ1v) is 9.08. The summed E-state index contributed by atoms with van der Waals surface area (Å²) < 4.78 is 1.79. The Kier molecular flexibility index (Phi) is 9.22. The topological polar surface area (TPSA) is 74.5 Å². The standard InChI is InChI=1S/C19H27ClN6O.HI/c1-19(2,3)24-17(27)13-25(5)18(21-4)22-10-14-11-23-26(12-14)16-8-6-15(20)7-9-16;/h6-9,11-12H,10,13H2,1-5H3,(H,21,22)(H,24,27);1H. The second-order valence-electron chi connectivity index (χ2n) is 7.32. The summed E-state index contributed by atoms with van der Waals surface area (Å²) in [6.07, 6.45) is 3.73. The average Bonchev–Trinajstić information content (AvgIpc) is 3.03. The van der Waals surface area contributed by atoms with Gasteiger partial charge >= 0.3 is 0 Å². The molecule has 0 bridgehead atoms. The largest absolute Gasteiger partial charge is 0.352 e. The van der Waals surface area contributed by atoms with E-state index in [1.54, 1.807) is 22.8 Å². The molecule has 7 nitrogen and oxygen atoms in total. The van der Waals surface area contributed by atoms with E-state index in [2.05, 4.69) is 20.7 Å². The molecule has 1 aromatic heterocycles. The van der Waals surface area contributed by atoms with Crippen LogP contribution in [0.4, 0.5) is 0 Å². The monoisotopic (exact) mass is 518 g/mol. The van der Waals surface area contributed by atoms with E-state index < -0.39 is 0 Å². The van der Waals surface area contributed by atoms with Crippen LogP contribution in [-0.2, 0) is 11.3 Å². The molecule has 0 aliphatic carbocycles. The summed E-state index contributed by atoms with van der Waals surface area (Å²) in [4.78, 5) is 18.1. The van der Waals surface area contributed by atoms with Gasteiger partial charge in [-0.25, -0.2) is 4.68 Å². The number of amides is 1. The van der Waals surface area contributed by atoms with Crippen LogP contribution in [0.3, 0.4) is 0 Å². The van der Waals surface area contributed by atoms with Crippen LogP contribution in [0.5, 0.6) is 0 Å². The number of nitrogens with zero attached hydrogens (tertiary/aromatic N) is 4. The molecular weight excluding hydrogens is 491 g/mol. The summed E-state index contributed by atoms with van der Waals surface area (Å²) in [6.45, 7) is 6.63. The van der Waals surface area contributed by atoms with E-state index >= 15 is 0 Å². The first kappa shape index (κ1) is 24.2. The number of benzene rings is 1. The summed E-state index contributed by atoms with van der Waals surface area (Å²) >= 11 is 5.92. The molecular formula is C19H28ClIN6O. The van der Waals surface area contributed by atoms with Crippen LogP contribution >= 0.6 is 35.6 Å². The summed E-state index contributed by atoms with van der Waals surface area (Å²) in [5, 5.41) is 11.3. The van der Waals surface area contributed by atoms with Gasteiger partial charge in [-0.15, -0.1) is 24.0 Å². The SMILES string of the molecule is CN=C(NCc1cnn(-c2ccc(Cl)cc2)c1)N(C)CC(=O)NC(C)(C)C.I. The molecule has 2 N–H and O–H groups in total. The highest BCUT2D eigenvalue weighted by Crippen LogP contribution is 2.13. The molecule has 0 aliphatic heterocycles. The van der Waals surface area contributed by atoms with Crippen molar-refractivity contribution in [3.63, 3.8) is 0 Å². The Labute approximate surface area is 188 Å². The summed E-state index contributed by atoms with van der Waals surface area (Å²) in [5.74, 6) is 0.585. The van der Waals surface area contributed by atoms with Crippen molar-refractivity contribution in [2.24, 2.45) is 4.99 Å². The van der Waals surface area contributed by atoms with E-state index in [4.69, 9.17) is 11.6 Å². The number of aromatic nitrogens is 2. The highest BCUT2D eigenvalue weighted by Gasteiger charge is 2.16. The van der Waals surface area contributed by atoms with Crippen LogP contribution in [0.15, 0.2) is 41.7 Å². The number of aliphatic imine (C=N–C) groups is 1. The second-order valence-corrected chi connectivity index (χ2v) is 7.76. The molecule has 2 rings (SSSR count). The van der Waals surface area contributed by atoms with Crippen molar-refractivity contribution in [3.05, 3.63) is 47.2 Å². The van der Waals surface area contributed by atoms with Crippen LogP contribution < -0.4 is 10.6 Å². The zero-order chi connectivity index (χ0) is 20.0. The molecule has 0 atom stereocenters. The Balaban J connectivity index is 0.00000392. The third-order valence-corrected chi connectivity index (χ3v) is 3.90. The van der Waals surface area contributed by atoms with Crippen molar-refractivity contribution < 1.29 is 4.79 Å². The van der Waals surface area contributed by atoms with E-state index in [1.807, 2.05) is 58.3 Å². The van der Waals surface area contributed by atoms with E-state index in [0.717, 1.165) is 11.3 Å². The van der Waals surface area contributed by atoms with Crippen molar-refractivity contribution in [1.29, 1.82) is 0 Å². The maximum Gasteiger partial charge on any atom is 0.240 e. The number of rotatable bonds is 5. The molecule has 0 unspecified atom stereocenters. The molecule has 2 aromatic rings. The smallest absolute Gasteiger partial charge is 0.240 e. The number of carbonyl (C=O) groups is 1. The number of guanidine groups is 1. The van der Waals surface area contributed by atoms with Crippen molar-refractivity contribution in [2.45, 2.75) is 32.9 Å². The summed E-state index contributed by atoms with van der Waals surface area (Å²) in [5.41, 5.74) is 1.68. The molecule has 0 fully saturated rings. The average molecular weight is 519 g/mol. The molecule has 9 heteroatoms. The molecule has 0 saturated heterocycles. The third kappa shape index (κ3) is 7.67.